The molecule has 0 fully saturated rings. The van der Waals surface area contributed by atoms with E-state index >= 15 is 0 Å². The summed E-state index contributed by atoms with van der Waals surface area (Å²) in [5.74, 6) is 1.83. The summed E-state index contributed by atoms with van der Waals surface area (Å²) in [7, 11) is 0. The molecule has 4 heteroatoms. The lowest BCUT2D eigenvalue weighted by Gasteiger charge is -2.14. The Morgan fingerprint density at radius 3 is 1.70 bits per heavy atom. The van der Waals surface area contributed by atoms with Gasteiger partial charge in [-0.25, -0.2) is 15.0 Å². The van der Waals surface area contributed by atoms with Gasteiger partial charge in [-0.3, -0.25) is 0 Å². The number of benzene rings is 9. The highest BCUT2D eigenvalue weighted by atomic mass is 16.3. The van der Waals surface area contributed by atoms with Gasteiger partial charge in [0, 0.05) is 33.0 Å². The van der Waals surface area contributed by atoms with Crippen LogP contribution in [0, 0.1) is 0 Å². The first-order valence-electron chi connectivity index (χ1n) is 17.9. The highest BCUT2D eigenvalue weighted by Crippen LogP contribution is 2.42. The Labute approximate surface area is 304 Å². The number of furan rings is 1. The molecule has 0 atom stereocenters. The second-order valence-electron chi connectivity index (χ2n) is 13.5. The first-order valence-corrected chi connectivity index (χ1v) is 17.9. The van der Waals surface area contributed by atoms with Crippen LogP contribution in [-0.2, 0) is 0 Å². The molecule has 0 bridgehead atoms. The predicted molar refractivity (Wildman–Crippen MR) is 219 cm³/mol. The third-order valence-electron chi connectivity index (χ3n) is 10.5. The van der Waals surface area contributed by atoms with Gasteiger partial charge in [-0.05, 0) is 79.0 Å². The number of fused-ring (bicyclic) bond motifs is 9. The zero-order chi connectivity index (χ0) is 34.9. The van der Waals surface area contributed by atoms with Crippen molar-refractivity contribution in [3.8, 4) is 45.3 Å². The van der Waals surface area contributed by atoms with Crippen LogP contribution >= 0.6 is 0 Å². The fourth-order valence-electron chi connectivity index (χ4n) is 7.99. The molecule has 0 amide bonds. The first-order chi connectivity index (χ1) is 26.3. The molecule has 246 valence electrons. The Morgan fingerprint density at radius 1 is 0.321 bits per heavy atom. The van der Waals surface area contributed by atoms with E-state index in [1.165, 1.54) is 21.5 Å². The second kappa shape index (κ2) is 11.7. The summed E-state index contributed by atoms with van der Waals surface area (Å²) in [5.41, 5.74) is 6.53. The van der Waals surface area contributed by atoms with Crippen molar-refractivity contribution >= 4 is 65.0 Å². The molecule has 4 nitrogen and oxygen atoms in total. The van der Waals surface area contributed by atoms with E-state index in [1.807, 2.05) is 18.2 Å². The molecule has 0 aliphatic rings. The Bertz CT molecular complexity index is 3240. The zero-order valence-electron chi connectivity index (χ0n) is 28.5. The summed E-state index contributed by atoms with van der Waals surface area (Å²) in [6, 6.07) is 61.5. The molecule has 11 aromatic rings. The number of nitrogens with zero attached hydrogens (tertiary/aromatic N) is 3. The molecule has 0 unspecified atom stereocenters. The summed E-state index contributed by atoms with van der Waals surface area (Å²) >= 11 is 0. The third-order valence-corrected chi connectivity index (χ3v) is 10.5. The average molecular weight is 676 g/mol. The molecule has 0 N–H and O–H groups in total. The van der Waals surface area contributed by atoms with E-state index in [0.29, 0.717) is 17.5 Å². The first kappa shape index (κ1) is 29.5. The van der Waals surface area contributed by atoms with Crippen molar-refractivity contribution in [2.45, 2.75) is 0 Å². The molecule has 0 radical (unpaired) electrons. The van der Waals surface area contributed by atoms with E-state index in [9.17, 15) is 0 Å². The van der Waals surface area contributed by atoms with Crippen LogP contribution < -0.4 is 0 Å². The fraction of sp³-hybridized carbons (Fsp3) is 0. The maximum absolute atomic E-state index is 6.65. The predicted octanol–water partition coefficient (Wildman–Crippen LogP) is 13.1. The monoisotopic (exact) mass is 675 g/mol. The maximum atomic E-state index is 6.65. The topological polar surface area (TPSA) is 51.8 Å². The molecule has 2 heterocycles. The van der Waals surface area contributed by atoms with Crippen molar-refractivity contribution in [3.05, 3.63) is 176 Å². The number of aromatic nitrogens is 3. The van der Waals surface area contributed by atoms with Gasteiger partial charge >= 0.3 is 0 Å². The SMILES string of the molecule is c1ccc(-c2ccc(-c3nc(-c4ccc5ccc6ccccc6c5c4)nc(-c4cc5ccccc5c5ccccc45)n3)c3c2oc2ccccc23)cc1. The van der Waals surface area contributed by atoms with Crippen molar-refractivity contribution < 1.29 is 4.42 Å². The lowest BCUT2D eigenvalue weighted by molar-refractivity contribution is 0.670. The molecule has 0 saturated heterocycles. The lowest BCUT2D eigenvalue weighted by atomic mass is 9.96. The average Bonchev–Trinajstić information content (AvgIpc) is 3.63. The minimum Gasteiger partial charge on any atom is -0.455 e. The lowest BCUT2D eigenvalue weighted by Crippen LogP contribution is -2.01. The molecular formula is C49H29N3O. The van der Waals surface area contributed by atoms with E-state index in [0.717, 1.165) is 71.3 Å². The summed E-state index contributed by atoms with van der Waals surface area (Å²) in [6.07, 6.45) is 0. The van der Waals surface area contributed by atoms with Crippen LogP contribution in [0.2, 0.25) is 0 Å². The van der Waals surface area contributed by atoms with Gasteiger partial charge in [0.15, 0.2) is 17.5 Å². The van der Waals surface area contributed by atoms with Gasteiger partial charge in [0.25, 0.3) is 0 Å². The van der Waals surface area contributed by atoms with Crippen LogP contribution in [0.5, 0.6) is 0 Å². The van der Waals surface area contributed by atoms with E-state index in [4.69, 9.17) is 19.4 Å². The molecule has 0 aliphatic heterocycles. The molecular weight excluding hydrogens is 647 g/mol. The van der Waals surface area contributed by atoms with Gasteiger partial charge in [0.2, 0.25) is 0 Å². The molecule has 11 rings (SSSR count). The Balaban J connectivity index is 1.23. The minimum atomic E-state index is 0.594. The standard InChI is InChI=1S/C49H29N3O/c1-2-12-30(13-3-1)37-26-27-41(45-40-20-10-11-21-44(40)53-46(37)45)48-50-47(34-25-24-32-23-22-31-14-4-6-16-35(31)42(32)29-34)51-49(52-48)43-28-33-15-5-7-17-36(33)38-18-8-9-19-39(38)43/h1-29H. The Kier molecular flexibility index (Phi) is 6.52. The van der Waals surface area contributed by atoms with Crippen molar-refractivity contribution in [2.75, 3.05) is 0 Å². The molecule has 0 saturated carbocycles. The summed E-state index contributed by atoms with van der Waals surface area (Å²) in [5, 5.41) is 11.3. The van der Waals surface area contributed by atoms with Crippen LogP contribution in [0.1, 0.15) is 0 Å². The van der Waals surface area contributed by atoms with Crippen molar-refractivity contribution in [1.29, 1.82) is 0 Å². The second-order valence-corrected chi connectivity index (χ2v) is 13.5. The Hall–Kier alpha value is -7.17. The zero-order valence-corrected chi connectivity index (χ0v) is 28.5. The summed E-state index contributed by atoms with van der Waals surface area (Å²) in [4.78, 5) is 15.9. The van der Waals surface area contributed by atoms with Crippen LogP contribution in [0.25, 0.3) is 110 Å². The van der Waals surface area contributed by atoms with Crippen LogP contribution in [0.3, 0.4) is 0 Å². The van der Waals surface area contributed by atoms with E-state index in [1.54, 1.807) is 0 Å². The highest BCUT2D eigenvalue weighted by Gasteiger charge is 2.22. The normalized spacial score (nSPS) is 11.8. The van der Waals surface area contributed by atoms with Crippen LogP contribution in [0.4, 0.5) is 0 Å². The van der Waals surface area contributed by atoms with Gasteiger partial charge in [-0.2, -0.15) is 0 Å². The van der Waals surface area contributed by atoms with Crippen molar-refractivity contribution in [2.24, 2.45) is 0 Å². The van der Waals surface area contributed by atoms with Crippen LogP contribution in [-0.4, -0.2) is 15.0 Å². The van der Waals surface area contributed by atoms with E-state index < -0.39 is 0 Å². The fourth-order valence-corrected chi connectivity index (χ4v) is 7.99. The molecule has 0 spiro atoms. The van der Waals surface area contributed by atoms with Gasteiger partial charge in [-0.15, -0.1) is 0 Å². The van der Waals surface area contributed by atoms with Gasteiger partial charge in [-0.1, -0.05) is 146 Å². The molecule has 0 aliphatic carbocycles. The Morgan fingerprint density at radius 2 is 0.887 bits per heavy atom. The smallest absolute Gasteiger partial charge is 0.164 e. The maximum Gasteiger partial charge on any atom is 0.164 e. The van der Waals surface area contributed by atoms with Gasteiger partial charge in [0.05, 0.1) is 0 Å². The van der Waals surface area contributed by atoms with Crippen molar-refractivity contribution in [3.63, 3.8) is 0 Å². The summed E-state index contributed by atoms with van der Waals surface area (Å²) < 4.78 is 6.65. The van der Waals surface area contributed by atoms with Crippen molar-refractivity contribution in [1.82, 2.24) is 15.0 Å². The van der Waals surface area contributed by atoms with Crippen LogP contribution in [0.15, 0.2) is 180 Å². The number of hydrogen-bond donors (Lipinski definition) is 0. The largest absolute Gasteiger partial charge is 0.455 e. The molecule has 9 aromatic carbocycles. The number of hydrogen-bond acceptors (Lipinski definition) is 4. The third kappa shape index (κ3) is 4.73. The summed E-state index contributed by atoms with van der Waals surface area (Å²) in [6.45, 7) is 0. The van der Waals surface area contributed by atoms with Gasteiger partial charge in [0.1, 0.15) is 11.2 Å². The van der Waals surface area contributed by atoms with E-state index in [2.05, 4.69) is 158 Å². The quantitative estimate of drug-likeness (QED) is 0.174. The number of para-hydroxylation sites is 1. The van der Waals surface area contributed by atoms with E-state index in [-0.39, 0.29) is 0 Å². The molecule has 2 aromatic heterocycles. The molecule has 53 heavy (non-hydrogen) atoms. The van der Waals surface area contributed by atoms with Gasteiger partial charge < -0.3 is 4.42 Å². The highest BCUT2D eigenvalue weighted by molar-refractivity contribution is 6.16. The number of rotatable bonds is 4. The minimum absolute atomic E-state index is 0.594.